The van der Waals surface area contributed by atoms with Crippen molar-refractivity contribution in [2.24, 2.45) is 0 Å². The number of nitrogens with zero attached hydrogens (tertiary/aromatic N) is 3. The number of anilines is 2. The van der Waals surface area contributed by atoms with Crippen molar-refractivity contribution in [3.8, 4) is 0 Å². The van der Waals surface area contributed by atoms with E-state index in [1.54, 1.807) is 4.90 Å². The van der Waals surface area contributed by atoms with Crippen LogP contribution in [0.15, 0.2) is 41.2 Å². The average Bonchev–Trinajstić information content (AvgIpc) is 2.54. The number of alkyl halides is 3. The molecule has 8 heteroatoms. The molecule has 1 aromatic carbocycles. The number of piperazine rings is 1. The van der Waals surface area contributed by atoms with Gasteiger partial charge in [0.1, 0.15) is 0 Å². The SMILES string of the molecule is O=c1cc(C(F)(F)F)nc(N2CCN(c3ccccc3)CC2)[nH]1. The number of para-hydroxylation sites is 1. The van der Waals surface area contributed by atoms with Gasteiger partial charge >= 0.3 is 6.18 Å². The number of hydrogen-bond donors (Lipinski definition) is 1. The van der Waals surface area contributed by atoms with Gasteiger partial charge in [0.05, 0.1) is 0 Å². The Morgan fingerprint density at radius 2 is 1.61 bits per heavy atom. The summed E-state index contributed by atoms with van der Waals surface area (Å²) in [7, 11) is 0. The second kappa shape index (κ2) is 5.94. The van der Waals surface area contributed by atoms with Gasteiger partial charge in [-0.15, -0.1) is 0 Å². The summed E-state index contributed by atoms with van der Waals surface area (Å²) >= 11 is 0. The van der Waals surface area contributed by atoms with Crippen molar-refractivity contribution >= 4 is 11.6 Å². The molecule has 0 unspecified atom stereocenters. The van der Waals surface area contributed by atoms with Crippen molar-refractivity contribution in [1.29, 1.82) is 0 Å². The number of rotatable bonds is 2. The third-order valence-electron chi connectivity index (χ3n) is 3.72. The first-order valence-corrected chi connectivity index (χ1v) is 7.17. The second-order valence-electron chi connectivity index (χ2n) is 5.26. The summed E-state index contributed by atoms with van der Waals surface area (Å²) in [6.45, 7) is 2.26. The zero-order valence-electron chi connectivity index (χ0n) is 12.2. The van der Waals surface area contributed by atoms with Crippen molar-refractivity contribution in [3.63, 3.8) is 0 Å². The summed E-state index contributed by atoms with van der Waals surface area (Å²) in [5.74, 6) is -0.0301. The smallest absolute Gasteiger partial charge is 0.368 e. The van der Waals surface area contributed by atoms with Gasteiger partial charge in [0.15, 0.2) is 5.69 Å². The van der Waals surface area contributed by atoms with Crippen LogP contribution in [0.4, 0.5) is 24.8 Å². The second-order valence-corrected chi connectivity index (χ2v) is 5.26. The normalized spacial score (nSPS) is 15.8. The number of H-pyrrole nitrogens is 1. The topological polar surface area (TPSA) is 52.2 Å². The first kappa shape index (κ1) is 15.4. The van der Waals surface area contributed by atoms with E-state index in [0.717, 1.165) is 5.69 Å². The van der Waals surface area contributed by atoms with Gasteiger partial charge in [0.25, 0.3) is 5.56 Å². The van der Waals surface area contributed by atoms with Crippen LogP contribution in [0.1, 0.15) is 5.69 Å². The zero-order chi connectivity index (χ0) is 16.4. The Balaban J connectivity index is 1.75. The van der Waals surface area contributed by atoms with E-state index in [1.165, 1.54) is 0 Å². The fourth-order valence-corrected chi connectivity index (χ4v) is 2.56. The van der Waals surface area contributed by atoms with Gasteiger partial charge < -0.3 is 9.80 Å². The predicted octanol–water partition coefficient (Wildman–Crippen LogP) is 2.12. The van der Waals surface area contributed by atoms with E-state index in [-0.39, 0.29) is 5.95 Å². The van der Waals surface area contributed by atoms with Crippen LogP contribution in [0.5, 0.6) is 0 Å². The van der Waals surface area contributed by atoms with Crippen LogP contribution >= 0.6 is 0 Å². The third kappa shape index (κ3) is 3.46. The first-order valence-electron chi connectivity index (χ1n) is 7.17. The van der Waals surface area contributed by atoms with Gasteiger partial charge in [-0.3, -0.25) is 9.78 Å². The van der Waals surface area contributed by atoms with Gasteiger partial charge in [0.2, 0.25) is 5.95 Å². The molecule has 0 atom stereocenters. The van der Waals surface area contributed by atoms with Crippen LogP contribution in [0, 0.1) is 0 Å². The zero-order valence-corrected chi connectivity index (χ0v) is 12.2. The Morgan fingerprint density at radius 3 is 2.22 bits per heavy atom. The summed E-state index contributed by atoms with van der Waals surface area (Å²) in [5, 5.41) is 0. The van der Waals surface area contributed by atoms with Crippen LogP contribution in [0.25, 0.3) is 0 Å². The van der Waals surface area contributed by atoms with Gasteiger partial charge in [-0.05, 0) is 12.1 Å². The highest BCUT2D eigenvalue weighted by Crippen LogP contribution is 2.27. The molecule has 0 bridgehead atoms. The predicted molar refractivity (Wildman–Crippen MR) is 80.7 cm³/mol. The molecule has 5 nitrogen and oxygen atoms in total. The van der Waals surface area contributed by atoms with Gasteiger partial charge in [-0.1, -0.05) is 18.2 Å². The number of aromatic amines is 1. The lowest BCUT2D eigenvalue weighted by atomic mass is 10.2. The number of halogens is 3. The van der Waals surface area contributed by atoms with Crippen LogP contribution < -0.4 is 15.4 Å². The Kier molecular flexibility index (Phi) is 3.97. The molecule has 3 rings (SSSR count). The van der Waals surface area contributed by atoms with E-state index < -0.39 is 17.4 Å². The van der Waals surface area contributed by atoms with Crippen LogP contribution in [-0.4, -0.2) is 36.1 Å². The Hall–Kier alpha value is -2.51. The standard InChI is InChI=1S/C15H15F3N4O/c16-15(17,18)12-10-13(23)20-14(19-12)22-8-6-21(7-9-22)11-4-2-1-3-5-11/h1-5,10H,6-9H2,(H,19,20,23). The quantitative estimate of drug-likeness (QED) is 0.919. The molecular formula is C15H15F3N4O. The highest BCUT2D eigenvalue weighted by molar-refractivity contribution is 5.48. The Bertz CT molecular complexity index is 721. The van der Waals surface area contributed by atoms with Gasteiger partial charge in [0, 0.05) is 37.9 Å². The fourth-order valence-electron chi connectivity index (χ4n) is 2.56. The highest BCUT2D eigenvalue weighted by atomic mass is 19.4. The van der Waals surface area contributed by atoms with Crippen molar-refractivity contribution in [3.05, 3.63) is 52.4 Å². The van der Waals surface area contributed by atoms with Crippen molar-refractivity contribution in [2.75, 3.05) is 36.0 Å². The molecule has 23 heavy (non-hydrogen) atoms. The molecule has 1 aromatic heterocycles. The molecule has 2 heterocycles. The van der Waals surface area contributed by atoms with E-state index in [4.69, 9.17) is 0 Å². The minimum atomic E-state index is -4.63. The largest absolute Gasteiger partial charge is 0.433 e. The van der Waals surface area contributed by atoms with E-state index in [1.807, 2.05) is 30.3 Å². The lowest BCUT2D eigenvalue weighted by Gasteiger charge is -2.36. The van der Waals surface area contributed by atoms with Crippen molar-refractivity contribution in [1.82, 2.24) is 9.97 Å². The molecule has 1 N–H and O–H groups in total. The molecule has 2 aromatic rings. The van der Waals surface area contributed by atoms with Crippen LogP contribution in [0.3, 0.4) is 0 Å². The molecule has 0 amide bonds. The molecule has 0 aliphatic carbocycles. The maximum atomic E-state index is 12.8. The number of hydrogen-bond acceptors (Lipinski definition) is 4. The maximum Gasteiger partial charge on any atom is 0.433 e. The third-order valence-corrected chi connectivity index (χ3v) is 3.72. The molecule has 0 saturated carbocycles. The molecule has 1 aliphatic heterocycles. The molecule has 0 spiro atoms. The molecule has 122 valence electrons. The van der Waals surface area contributed by atoms with Crippen molar-refractivity contribution in [2.45, 2.75) is 6.18 Å². The number of nitrogens with one attached hydrogen (secondary N) is 1. The molecule has 0 radical (unpaired) electrons. The van der Waals surface area contributed by atoms with E-state index >= 15 is 0 Å². The van der Waals surface area contributed by atoms with E-state index in [9.17, 15) is 18.0 Å². The summed E-state index contributed by atoms with van der Waals surface area (Å²) < 4.78 is 38.3. The lowest BCUT2D eigenvalue weighted by molar-refractivity contribution is -0.141. The van der Waals surface area contributed by atoms with Gasteiger partial charge in [-0.25, -0.2) is 4.98 Å². The first-order chi connectivity index (χ1) is 10.9. The van der Waals surface area contributed by atoms with Crippen LogP contribution in [-0.2, 0) is 6.18 Å². The van der Waals surface area contributed by atoms with Crippen LogP contribution in [0.2, 0.25) is 0 Å². The molecule has 1 aliphatic rings. The Labute approximate surface area is 130 Å². The number of benzene rings is 1. The molecular weight excluding hydrogens is 309 g/mol. The van der Waals surface area contributed by atoms with E-state index in [0.29, 0.717) is 32.2 Å². The van der Waals surface area contributed by atoms with Crippen molar-refractivity contribution < 1.29 is 13.2 Å². The number of aromatic nitrogens is 2. The summed E-state index contributed by atoms with van der Waals surface area (Å²) in [6, 6.07) is 10.3. The minimum Gasteiger partial charge on any atom is -0.368 e. The maximum absolute atomic E-state index is 12.8. The van der Waals surface area contributed by atoms with E-state index in [2.05, 4.69) is 14.9 Å². The summed E-state index contributed by atoms with van der Waals surface area (Å²) in [5.41, 5.74) is -0.896. The Morgan fingerprint density at radius 1 is 1.00 bits per heavy atom. The highest BCUT2D eigenvalue weighted by Gasteiger charge is 2.34. The average molecular weight is 324 g/mol. The minimum absolute atomic E-state index is 0.0301. The van der Waals surface area contributed by atoms with Gasteiger partial charge in [-0.2, -0.15) is 13.2 Å². The molecule has 1 fully saturated rings. The summed E-state index contributed by atoms with van der Waals surface area (Å²) in [4.78, 5) is 21.2. The lowest BCUT2D eigenvalue weighted by Crippen LogP contribution is -2.47. The molecule has 1 saturated heterocycles. The summed E-state index contributed by atoms with van der Waals surface area (Å²) in [6.07, 6.45) is -4.63. The monoisotopic (exact) mass is 324 g/mol. The fraction of sp³-hybridized carbons (Fsp3) is 0.333.